The standard InChI is InChI=1S/C24H25N3O2/c1-3-19-21(25-24(28)29-15-16-9-5-4-6-10-16)23-22-18(13-14-27(19)23)17-11-7-8-12-20(17)26(22)2/h3-12,19,21,23H,1,13-15H2,2H3,(H,25,28)/t19-,21-,23+/m1/s1. The zero-order valence-electron chi connectivity index (χ0n) is 16.5. The van der Waals surface area contributed by atoms with Crippen molar-refractivity contribution in [2.24, 2.45) is 7.05 Å². The first kappa shape index (κ1) is 18.0. The monoisotopic (exact) mass is 387 g/mol. The van der Waals surface area contributed by atoms with Crippen molar-refractivity contribution in [3.8, 4) is 0 Å². The molecule has 0 radical (unpaired) electrons. The van der Waals surface area contributed by atoms with Crippen molar-refractivity contribution in [1.29, 1.82) is 0 Å². The zero-order valence-corrected chi connectivity index (χ0v) is 16.5. The van der Waals surface area contributed by atoms with Crippen LogP contribution in [-0.4, -0.2) is 34.2 Å². The molecule has 1 N–H and O–H groups in total. The molecule has 1 amide bonds. The lowest BCUT2D eigenvalue weighted by Crippen LogP contribution is -2.69. The molecule has 2 aromatic carbocycles. The molecular formula is C24H25N3O2. The number of nitrogens with zero attached hydrogens (tertiary/aromatic N) is 2. The first-order valence-corrected chi connectivity index (χ1v) is 10.1. The smallest absolute Gasteiger partial charge is 0.407 e. The van der Waals surface area contributed by atoms with E-state index in [1.165, 1.54) is 22.2 Å². The predicted molar refractivity (Wildman–Crippen MR) is 114 cm³/mol. The Morgan fingerprint density at radius 3 is 2.76 bits per heavy atom. The fourth-order valence-corrected chi connectivity index (χ4v) is 5.02. The van der Waals surface area contributed by atoms with Crippen LogP contribution in [-0.2, 0) is 24.8 Å². The lowest BCUT2D eigenvalue weighted by molar-refractivity contribution is -0.0153. The highest BCUT2D eigenvalue weighted by atomic mass is 16.5. The van der Waals surface area contributed by atoms with Crippen molar-refractivity contribution in [2.45, 2.75) is 31.2 Å². The quantitative estimate of drug-likeness (QED) is 0.690. The van der Waals surface area contributed by atoms with Crippen molar-refractivity contribution in [1.82, 2.24) is 14.8 Å². The molecule has 5 heteroatoms. The molecule has 1 saturated heterocycles. The average molecular weight is 387 g/mol. The Morgan fingerprint density at radius 1 is 1.21 bits per heavy atom. The Bertz CT molecular complexity index is 1070. The molecule has 148 valence electrons. The fraction of sp³-hybridized carbons (Fsp3) is 0.292. The van der Waals surface area contributed by atoms with Gasteiger partial charge in [0.2, 0.25) is 0 Å². The van der Waals surface area contributed by atoms with Crippen LogP contribution in [0.2, 0.25) is 0 Å². The van der Waals surface area contributed by atoms with Gasteiger partial charge < -0.3 is 14.6 Å². The minimum absolute atomic E-state index is 0.0437. The molecule has 0 bridgehead atoms. The van der Waals surface area contributed by atoms with Gasteiger partial charge in [0.05, 0.1) is 18.1 Å². The Kier molecular flexibility index (Phi) is 4.40. The van der Waals surface area contributed by atoms with E-state index in [1.54, 1.807) is 0 Å². The number of amides is 1. The Labute approximate surface area is 170 Å². The van der Waals surface area contributed by atoms with E-state index in [4.69, 9.17) is 4.74 Å². The molecule has 1 fully saturated rings. The van der Waals surface area contributed by atoms with Crippen LogP contribution in [0.15, 0.2) is 67.3 Å². The van der Waals surface area contributed by atoms with Gasteiger partial charge in [-0.3, -0.25) is 4.90 Å². The Morgan fingerprint density at radius 2 is 1.97 bits per heavy atom. The predicted octanol–water partition coefficient (Wildman–Crippen LogP) is 3.94. The number of nitrogens with one attached hydrogen (secondary N) is 1. The third-order valence-electron chi connectivity index (χ3n) is 6.35. The van der Waals surface area contributed by atoms with Crippen molar-refractivity contribution in [2.75, 3.05) is 6.54 Å². The third-order valence-corrected chi connectivity index (χ3v) is 6.35. The van der Waals surface area contributed by atoms with Gasteiger partial charge in [-0.05, 0) is 23.6 Å². The number of hydrogen-bond donors (Lipinski definition) is 1. The van der Waals surface area contributed by atoms with Crippen LogP contribution in [0.3, 0.4) is 0 Å². The number of rotatable bonds is 4. The number of carbonyl (C=O) groups excluding carboxylic acids is 1. The van der Waals surface area contributed by atoms with Gasteiger partial charge in [-0.15, -0.1) is 6.58 Å². The van der Waals surface area contributed by atoms with Crippen LogP contribution in [0.4, 0.5) is 4.79 Å². The molecule has 5 rings (SSSR count). The molecule has 0 aliphatic carbocycles. The summed E-state index contributed by atoms with van der Waals surface area (Å²) in [6.45, 7) is 5.25. The zero-order chi connectivity index (χ0) is 20.0. The van der Waals surface area contributed by atoms with Crippen molar-refractivity contribution in [3.05, 3.63) is 84.1 Å². The molecule has 0 saturated carbocycles. The molecule has 3 atom stereocenters. The normalized spacial score (nSPS) is 23.0. The molecule has 3 aromatic rings. The number of para-hydroxylation sites is 1. The lowest BCUT2D eigenvalue weighted by Gasteiger charge is -2.56. The van der Waals surface area contributed by atoms with E-state index in [1.807, 2.05) is 36.4 Å². The summed E-state index contributed by atoms with van der Waals surface area (Å²) in [6, 6.07) is 18.5. The highest BCUT2D eigenvalue weighted by molar-refractivity contribution is 5.86. The van der Waals surface area contributed by atoms with Gasteiger partial charge in [-0.2, -0.15) is 0 Å². The molecule has 5 nitrogen and oxygen atoms in total. The van der Waals surface area contributed by atoms with Crippen LogP contribution in [0, 0.1) is 0 Å². The number of aromatic nitrogens is 1. The van der Waals surface area contributed by atoms with Gasteiger partial charge >= 0.3 is 6.09 Å². The highest BCUT2D eigenvalue weighted by Crippen LogP contribution is 2.46. The molecule has 3 heterocycles. The summed E-state index contributed by atoms with van der Waals surface area (Å²) in [5, 5.41) is 4.43. The van der Waals surface area contributed by atoms with Crippen LogP contribution in [0.5, 0.6) is 0 Å². The van der Waals surface area contributed by atoms with Gasteiger partial charge in [-0.25, -0.2) is 4.79 Å². The van der Waals surface area contributed by atoms with Crippen LogP contribution >= 0.6 is 0 Å². The first-order chi connectivity index (χ1) is 14.2. The maximum Gasteiger partial charge on any atom is 0.407 e. The number of hydrogen-bond acceptors (Lipinski definition) is 3. The van der Waals surface area contributed by atoms with Crippen molar-refractivity contribution >= 4 is 17.0 Å². The molecule has 29 heavy (non-hydrogen) atoms. The fourth-order valence-electron chi connectivity index (χ4n) is 5.02. The highest BCUT2D eigenvalue weighted by Gasteiger charge is 2.52. The molecule has 2 aliphatic heterocycles. The largest absolute Gasteiger partial charge is 0.445 e. The van der Waals surface area contributed by atoms with Crippen molar-refractivity contribution < 1.29 is 9.53 Å². The van der Waals surface area contributed by atoms with E-state index < -0.39 is 0 Å². The number of ether oxygens (including phenoxy) is 1. The van der Waals surface area contributed by atoms with E-state index in [9.17, 15) is 4.79 Å². The summed E-state index contributed by atoms with van der Waals surface area (Å²) in [5.74, 6) is 0. The maximum absolute atomic E-state index is 12.5. The third kappa shape index (κ3) is 2.85. The summed E-state index contributed by atoms with van der Waals surface area (Å²) in [6.07, 6.45) is 2.57. The molecule has 0 spiro atoms. The summed E-state index contributed by atoms with van der Waals surface area (Å²) in [5.41, 5.74) is 4.92. The minimum atomic E-state index is -0.378. The van der Waals surface area contributed by atoms with Crippen LogP contribution in [0.25, 0.3) is 10.9 Å². The average Bonchev–Trinajstić information content (AvgIpc) is 3.03. The second kappa shape index (κ2) is 7.08. The Hall–Kier alpha value is -3.05. The molecular weight excluding hydrogens is 362 g/mol. The van der Waals surface area contributed by atoms with E-state index in [0.29, 0.717) is 0 Å². The second-order valence-corrected chi connectivity index (χ2v) is 7.83. The lowest BCUT2D eigenvalue weighted by atomic mass is 9.79. The summed E-state index contributed by atoms with van der Waals surface area (Å²) in [7, 11) is 2.12. The van der Waals surface area contributed by atoms with Crippen LogP contribution in [0.1, 0.15) is 22.9 Å². The molecule has 2 aliphatic rings. The van der Waals surface area contributed by atoms with E-state index in [2.05, 4.69) is 52.7 Å². The van der Waals surface area contributed by atoms with E-state index >= 15 is 0 Å². The SMILES string of the molecule is C=C[C@@H]1[C@@H](NC(=O)OCc2ccccc2)[C@H]2c3c(c4ccccc4n3C)CCN12. The molecule has 1 aromatic heterocycles. The first-order valence-electron chi connectivity index (χ1n) is 10.1. The van der Waals surface area contributed by atoms with Gasteiger partial charge in [0.25, 0.3) is 0 Å². The number of alkyl carbamates (subject to hydrolysis) is 1. The van der Waals surface area contributed by atoms with Gasteiger partial charge in [0.1, 0.15) is 6.61 Å². The Balaban J connectivity index is 1.39. The number of benzene rings is 2. The summed E-state index contributed by atoms with van der Waals surface area (Å²) >= 11 is 0. The number of aryl methyl sites for hydroxylation is 1. The topological polar surface area (TPSA) is 46.5 Å². The summed E-state index contributed by atoms with van der Waals surface area (Å²) < 4.78 is 7.76. The van der Waals surface area contributed by atoms with Gasteiger partial charge in [0, 0.05) is 30.2 Å². The van der Waals surface area contributed by atoms with Crippen molar-refractivity contribution in [3.63, 3.8) is 0 Å². The van der Waals surface area contributed by atoms with E-state index in [-0.39, 0.29) is 30.8 Å². The van der Waals surface area contributed by atoms with Gasteiger partial charge in [-0.1, -0.05) is 54.6 Å². The second-order valence-electron chi connectivity index (χ2n) is 7.83. The number of carbonyl (C=O) groups is 1. The molecule has 0 unspecified atom stereocenters. The number of fused-ring (bicyclic) bond motifs is 5. The minimum Gasteiger partial charge on any atom is -0.445 e. The van der Waals surface area contributed by atoms with E-state index in [0.717, 1.165) is 18.5 Å². The summed E-state index contributed by atoms with van der Waals surface area (Å²) in [4.78, 5) is 15.0. The van der Waals surface area contributed by atoms with Gasteiger partial charge in [0.15, 0.2) is 0 Å². The maximum atomic E-state index is 12.5. The van der Waals surface area contributed by atoms with Crippen LogP contribution < -0.4 is 5.32 Å².